The quantitative estimate of drug-likeness (QED) is 0.517. The van der Waals surface area contributed by atoms with Crippen molar-refractivity contribution in [2.45, 2.75) is 0 Å². The molecule has 0 bridgehead atoms. The molecule has 0 fully saturated rings. The van der Waals surface area contributed by atoms with E-state index in [0.29, 0.717) is 49.9 Å². The summed E-state index contributed by atoms with van der Waals surface area (Å²) in [6.07, 6.45) is 0. The number of hydrogen-bond donors (Lipinski definition) is 1. The first-order valence-electron chi connectivity index (χ1n) is 6.17. The number of benzene rings is 1. The van der Waals surface area contributed by atoms with E-state index < -0.39 is 5.82 Å². The molecule has 1 rings (SSSR count). The number of ether oxygens (including phenoxy) is 4. The van der Waals surface area contributed by atoms with Gasteiger partial charge in [0.25, 0.3) is 0 Å². The first kappa shape index (κ1) is 17.2. The summed E-state index contributed by atoms with van der Waals surface area (Å²) < 4.78 is 34.3. The molecule has 0 aliphatic rings. The normalized spacial score (nSPS) is 10.8. The predicted molar refractivity (Wildman–Crippen MR) is 77.5 cm³/mol. The Labute approximate surface area is 126 Å². The monoisotopic (exact) mass is 351 g/mol. The first-order valence-corrected chi connectivity index (χ1v) is 6.96. The number of hydrogen-bond acceptors (Lipinski definition) is 5. The van der Waals surface area contributed by atoms with Crippen LogP contribution in [0.15, 0.2) is 16.6 Å². The van der Waals surface area contributed by atoms with Crippen molar-refractivity contribution in [2.75, 3.05) is 52.5 Å². The van der Waals surface area contributed by atoms with Crippen molar-refractivity contribution in [3.05, 3.63) is 22.4 Å². The van der Waals surface area contributed by atoms with E-state index in [0.717, 1.165) is 0 Å². The minimum atomic E-state index is -0.411. The van der Waals surface area contributed by atoms with Gasteiger partial charge in [-0.2, -0.15) is 0 Å². The summed E-state index contributed by atoms with van der Waals surface area (Å²) >= 11 is 3.20. The number of nitrogen functional groups attached to an aromatic ring is 1. The van der Waals surface area contributed by atoms with Crippen LogP contribution in [0.25, 0.3) is 0 Å². The Morgan fingerprint density at radius 2 is 1.65 bits per heavy atom. The Hall–Kier alpha value is -0.890. The molecule has 0 aliphatic heterocycles. The fourth-order valence-corrected chi connectivity index (χ4v) is 1.96. The topological polar surface area (TPSA) is 62.9 Å². The maximum atomic E-state index is 13.0. The zero-order chi connectivity index (χ0) is 14.8. The molecule has 0 aromatic heterocycles. The van der Waals surface area contributed by atoms with Gasteiger partial charge in [0.1, 0.15) is 12.4 Å². The molecular formula is C13H19BrFNO4. The van der Waals surface area contributed by atoms with Crippen LogP contribution in [0.1, 0.15) is 0 Å². The summed E-state index contributed by atoms with van der Waals surface area (Å²) in [6.45, 7) is 2.83. The zero-order valence-electron chi connectivity index (χ0n) is 11.4. The van der Waals surface area contributed by atoms with E-state index in [1.54, 1.807) is 7.11 Å². The Morgan fingerprint density at radius 3 is 2.25 bits per heavy atom. The zero-order valence-corrected chi connectivity index (χ0v) is 12.9. The van der Waals surface area contributed by atoms with Crippen molar-refractivity contribution >= 4 is 21.6 Å². The van der Waals surface area contributed by atoms with Crippen molar-refractivity contribution in [3.8, 4) is 5.75 Å². The van der Waals surface area contributed by atoms with Crippen LogP contribution >= 0.6 is 15.9 Å². The molecule has 0 radical (unpaired) electrons. The van der Waals surface area contributed by atoms with Gasteiger partial charge < -0.3 is 24.7 Å². The summed E-state index contributed by atoms with van der Waals surface area (Å²) in [5.41, 5.74) is 5.91. The number of nitrogens with two attached hydrogens (primary N) is 1. The molecule has 2 N–H and O–H groups in total. The fourth-order valence-electron chi connectivity index (χ4n) is 1.40. The molecule has 5 nitrogen and oxygen atoms in total. The summed E-state index contributed by atoms with van der Waals surface area (Å²) in [7, 11) is 1.62. The number of rotatable bonds is 10. The maximum Gasteiger partial charge on any atom is 0.156 e. The van der Waals surface area contributed by atoms with Crippen LogP contribution in [-0.4, -0.2) is 46.8 Å². The maximum absolute atomic E-state index is 13.0. The second kappa shape index (κ2) is 9.93. The lowest BCUT2D eigenvalue weighted by atomic mass is 10.3. The van der Waals surface area contributed by atoms with Gasteiger partial charge in [0.15, 0.2) is 5.75 Å². The van der Waals surface area contributed by atoms with Crippen molar-refractivity contribution in [1.82, 2.24) is 0 Å². The number of anilines is 1. The van der Waals surface area contributed by atoms with Gasteiger partial charge in [0, 0.05) is 13.2 Å². The highest BCUT2D eigenvalue weighted by molar-refractivity contribution is 9.10. The van der Waals surface area contributed by atoms with Gasteiger partial charge in [0.05, 0.1) is 43.2 Å². The van der Waals surface area contributed by atoms with Crippen molar-refractivity contribution < 1.29 is 23.3 Å². The Bertz CT molecular complexity index is 383. The largest absolute Gasteiger partial charge is 0.488 e. The lowest BCUT2D eigenvalue weighted by molar-refractivity contribution is 0.0180. The smallest absolute Gasteiger partial charge is 0.156 e. The Balaban J connectivity index is 2.13. The molecule has 0 unspecified atom stereocenters. The lowest BCUT2D eigenvalue weighted by Crippen LogP contribution is -2.13. The minimum Gasteiger partial charge on any atom is -0.488 e. The molecule has 20 heavy (non-hydrogen) atoms. The van der Waals surface area contributed by atoms with E-state index in [-0.39, 0.29) is 5.69 Å². The van der Waals surface area contributed by atoms with Crippen LogP contribution in [0.2, 0.25) is 0 Å². The van der Waals surface area contributed by atoms with Gasteiger partial charge in [-0.05, 0) is 22.0 Å². The highest BCUT2D eigenvalue weighted by Crippen LogP contribution is 2.32. The minimum absolute atomic E-state index is 0.250. The van der Waals surface area contributed by atoms with Crippen molar-refractivity contribution in [2.24, 2.45) is 0 Å². The molecule has 0 saturated carbocycles. The van der Waals surface area contributed by atoms with Gasteiger partial charge in [-0.3, -0.25) is 0 Å². The van der Waals surface area contributed by atoms with E-state index in [2.05, 4.69) is 15.9 Å². The van der Waals surface area contributed by atoms with Crippen LogP contribution in [0, 0.1) is 5.82 Å². The number of methoxy groups -OCH3 is 1. The molecule has 0 aliphatic carbocycles. The summed E-state index contributed by atoms with van der Waals surface area (Å²) in [5, 5.41) is 0. The fraction of sp³-hybridized carbons (Fsp3) is 0.538. The van der Waals surface area contributed by atoms with Gasteiger partial charge in [-0.1, -0.05) is 0 Å². The Morgan fingerprint density at radius 1 is 1.05 bits per heavy atom. The SMILES string of the molecule is COCCOCCOCCOc1c(N)cc(F)cc1Br. The third-order valence-electron chi connectivity index (χ3n) is 2.31. The second-order valence-corrected chi connectivity index (χ2v) is 4.73. The molecule has 0 spiro atoms. The third kappa shape index (κ3) is 6.51. The van der Waals surface area contributed by atoms with Crippen molar-refractivity contribution in [1.29, 1.82) is 0 Å². The molecule has 7 heteroatoms. The molecule has 114 valence electrons. The molecule has 1 aromatic rings. The van der Waals surface area contributed by atoms with Crippen LogP contribution in [0.3, 0.4) is 0 Å². The van der Waals surface area contributed by atoms with E-state index in [4.69, 9.17) is 24.7 Å². The molecular weight excluding hydrogens is 333 g/mol. The molecule has 0 heterocycles. The average molecular weight is 352 g/mol. The van der Waals surface area contributed by atoms with Crippen LogP contribution in [0.5, 0.6) is 5.75 Å². The summed E-state index contributed by atoms with van der Waals surface area (Å²) in [5.74, 6) is 0.0116. The highest BCUT2D eigenvalue weighted by Gasteiger charge is 2.08. The van der Waals surface area contributed by atoms with E-state index in [1.165, 1.54) is 12.1 Å². The molecule has 0 atom stereocenters. The number of halogens is 2. The summed E-state index contributed by atoms with van der Waals surface area (Å²) in [6, 6.07) is 2.51. The average Bonchev–Trinajstić information content (AvgIpc) is 2.39. The first-order chi connectivity index (χ1) is 9.65. The Kier molecular flexibility index (Phi) is 8.52. The standard InChI is InChI=1S/C13H19BrFNO4/c1-17-2-3-18-4-5-19-6-7-20-13-11(14)8-10(15)9-12(13)16/h8-9H,2-7,16H2,1H3. The molecule has 0 amide bonds. The van der Waals surface area contributed by atoms with Gasteiger partial charge in [-0.15, -0.1) is 0 Å². The third-order valence-corrected chi connectivity index (χ3v) is 2.90. The second-order valence-electron chi connectivity index (χ2n) is 3.87. The van der Waals surface area contributed by atoms with E-state index in [9.17, 15) is 4.39 Å². The van der Waals surface area contributed by atoms with Crippen LogP contribution in [-0.2, 0) is 14.2 Å². The van der Waals surface area contributed by atoms with Crippen LogP contribution in [0.4, 0.5) is 10.1 Å². The predicted octanol–water partition coefficient (Wildman–Crippen LogP) is 2.23. The lowest BCUT2D eigenvalue weighted by Gasteiger charge is -2.11. The molecule has 0 saturated heterocycles. The van der Waals surface area contributed by atoms with E-state index >= 15 is 0 Å². The summed E-state index contributed by atoms with van der Waals surface area (Å²) in [4.78, 5) is 0. The van der Waals surface area contributed by atoms with Gasteiger partial charge in [0.2, 0.25) is 0 Å². The molecule has 1 aromatic carbocycles. The van der Waals surface area contributed by atoms with Gasteiger partial charge >= 0.3 is 0 Å². The van der Waals surface area contributed by atoms with Gasteiger partial charge in [-0.25, -0.2) is 4.39 Å². The van der Waals surface area contributed by atoms with Crippen LogP contribution < -0.4 is 10.5 Å². The van der Waals surface area contributed by atoms with E-state index in [1.807, 2.05) is 0 Å². The highest BCUT2D eigenvalue weighted by atomic mass is 79.9. The van der Waals surface area contributed by atoms with Crippen molar-refractivity contribution in [3.63, 3.8) is 0 Å².